The summed E-state index contributed by atoms with van der Waals surface area (Å²) in [5, 5.41) is 6.57. The molecule has 1 aromatic heterocycles. The van der Waals surface area contributed by atoms with Crippen molar-refractivity contribution in [2.75, 3.05) is 6.61 Å². The van der Waals surface area contributed by atoms with E-state index in [4.69, 9.17) is 4.74 Å². The van der Waals surface area contributed by atoms with Crippen LogP contribution in [0.4, 0.5) is 4.39 Å². The Morgan fingerprint density at radius 2 is 1.69 bits per heavy atom. The average Bonchev–Trinajstić information content (AvgIpc) is 2.74. The van der Waals surface area contributed by atoms with Crippen LogP contribution in [0.5, 0.6) is 0 Å². The lowest BCUT2D eigenvalue weighted by Gasteiger charge is -2.08. The molecule has 0 radical (unpaired) electrons. The molecular weight excluding hydrogens is 377 g/mol. The van der Waals surface area contributed by atoms with Crippen LogP contribution in [-0.4, -0.2) is 28.3 Å². The number of ether oxygens (including phenoxy) is 1. The molecule has 0 bridgehead atoms. The van der Waals surface area contributed by atoms with Crippen LogP contribution in [-0.2, 0) is 22.6 Å². The minimum Gasteiger partial charge on any atom is -0.451 e. The average molecular weight is 395 g/mol. The zero-order valence-electron chi connectivity index (χ0n) is 15.4. The molecule has 29 heavy (non-hydrogen) atoms. The number of aromatic nitrogens is 2. The summed E-state index contributed by atoms with van der Waals surface area (Å²) in [5.74, 6) is -1.70. The Kier molecular flexibility index (Phi) is 6.47. The van der Waals surface area contributed by atoms with Gasteiger partial charge < -0.3 is 10.1 Å². The van der Waals surface area contributed by atoms with Gasteiger partial charge in [-0.05, 0) is 29.3 Å². The fraction of sp³-hybridized carbons (Fsp3) is 0.143. The van der Waals surface area contributed by atoms with Crippen molar-refractivity contribution in [2.24, 2.45) is 0 Å². The van der Waals surface area contributed by atoms with E-state index in [1.807, 2.05) is 30.3 Å². The number of nitrogens with zero attached hydrogens (tertiary/aromatic N) is 2. The first-order valence-corrected chi connectivity index (χ1v) is 8.81. The van der Waals surface area contributed by atoms with E-state index < -0.39 is 18.5 Å². The lowest BCUT2D eigenvalue weighted by Crippen LogP contribution is -2.29. The third-order valence-electron chi connectivity index (χ3n) is 3.99. The Labute approximate surface area is 165 Å². The van der Waals surface area contributed by atoms with Gasteiger partial charge in [-0.2, -0.15) is 5.10 Å². The summed E-state index contributed by atoms with van der Waals surface area (Å²) in [6.45, 7) is -0.116. The maximum Gasteiger partial charge on any atom is 0.359 e. The topological polar surface area (TPSA) is 90.3 Å². The number of amides is 1. The van der Waals surface area contributed by atoms with Gasteiger partial charge in [0, 0.05) is 12.6 Å². The van der Waals surface area contributed by atoms with Gasteiger partial charge in [0.05, 0.1) is 6.54 Å². The monoisotopic (exact) mass is 395 g/mol. The Hall–Kier alpha value is -3.81. The third-order valence-corrected chi connectivity index (χ3v) is 3.99. The van der Waals surface area contributed by atoms with Crippen LogP contribution in [0.25, 0.3) is 0 Å². The molecule has 0 aliphatic carbocycles. The fourth-order valence-electron chi connectivity index (χ4n) is 2.49. The second-order valence-corrected chi connectivity index (χ2v) is 6.18. The molecule has 7 nitrogen and oxygen atoms in total. The molecule has 148 valence electrons. The molecule has 1 N–H and O–H groups in total. The molecule has 3 rings (SSSR count). The smallest absolute Gasteiger partial charge is 0.359 e. The number of halogens is 1. The lowest BCUT2D eigenvalue weighted by atomic mass is 10.2. The van der Waals surface area contributed by atoms with E-state index in [-0.39, 0.29) is 30.2 Å². The first kappa shape index (κ1) is 19.9. The molecule has 0 unspecified atom stereocenters. The third kappa shape index (κ3) is 5.83. The van der Waals surface area contributed by atoms with Crippen molar-refractivity contribution in [2.45, 2.75) is 13.1 Å². The summed E-state index contributed by atoms with van der Waals surface area (Å²) < 4.78 is 19.0. The number of benzene rings is 2. The van der Waals surface area contributed by atoms with Gasteiger partial charge in [-0.1, -0.05) is 42.5 Å². The predicted octanol–water partition coefficient (Wildman–Crippen LogP) is 1.90. The predicted molar refractivity (Wildman–Crippen MR) is 103 cm³/mol. The largest absolute Gasteiger partial charge is 0.451 e. The van der Waals surface area contributed by atoms with Gasteiger partial charge in [0.25, 0.3) is 11.5 Å². The maximum atomic E-state index is 12.9. The van der Waals surface area contributed by atoms with E-state index in [1.54, 1.807) is 12.1 Å². The summed E-state index contributed by atoms with van der Waals surface area (Å²) in [6.07, 6.45) is 0. The highest BCUT2D eigenvalue weighted by atomic mass is 19.1. The summed E-state index contributed by atoms with van der Waals surface area (Å²) in [6, 6.07) is 17.3. The standard InChI is InChI=1S/C21H18FN3O4/c22-17-8-6-15(7-9-17)12-23-19(26)14-29-21(28)18-10-11-20(27)25(24-18)13-16-4-2-1-3-5-16/h1-11H,12-14H2,(H,23,26). The molecule has 0 spiro atoms. The molecule has 0 aliphatic rings. The molecular formula is C21H18FN3O4. The molecule has 8 heteroatoms. The summed E-state index contributed by atoms with van der Waals surface area (Å²) >= 11 is 0. The number of esters is 1. The van der Waals surface area contributed by atoms with Crippen LogP contribution < -0.4 is 10.9 Å². The van der Waals surface area contributed by atoms with Crippen LogP contribution in [0.1, 0.15) is 21.6 Å². The van der Waals surface area contributed by atoms with Crippen molar-refractivity contribution in [3.63, 3.8) is 0 Å². The van der Waals surface area contributed by atoms with Crippen LogP contribution in [0.2, 0.25) is 0 Å². The quantitative estimate of drug-likeness (QED) is 0.617. The van der Waals surface area contributed by atoms with Gasteiger partial charge >= 0.3 is 5.97 Å². The highest BCUT2D eigenvalue weighted by molar-refractivity contribution is 5.89. The van der Waals surface area contributed by atoms with E-state index >= 15 is 0 Å². The highest BCUT2D eigenvalue weighted by Crippen LogP contribution is 2.03. The first-order chi connectivity index (χ1) is 14.0. The van der Waals surface area contributed by atoms with Crippen molar-refractivity contribution in [3.05, 3.63) is 99.7 Å². The Balaban J connectivity index is 1.54. The lowest BCUT2D eigenvalue weighted by molar-refractivity contribution is -0.124. The Morgan fingerprint density at radius 3 is 2.41 bits per heavy atom. The molecule has 0 saturated carbocycles. The van der Waals surface area contributed by atoms with E-state index in [2.05, 4.69) is 10.4 Å². The van der Waals surface area contributed by atoms with Crippen LogP contribution in [0.15, 0.2) is 71.5 Å². The Morgan fingerprint density at radius 1 is 0.966 bits per heavy atom. The van der Waals surface area contributed by atoms with Crippen LogP contribution >= 0.6 is 0 Å². The van der Waals surface area contributed by atoms with Gasteiger partial charge in [0.1, 0.15) is 5.82 Å². The number of carbonyl (C=O) groups excluding carboxylic acids is 2. The maximum absolute atomic E-state index is 12.9. The number of hydrogen-bond donors (Lipinski definition) is 1. The SMILES string of the molecule is O=C(COC(=O)c1ccc(=O)n(Cc2ccccc2)n1)NCc1ccc(F)cc1. The van der Waals surface area contributed by atoms with Gasteiger partial charge in [0.15, 0.2) is 12.3 Å². The fourth-order valence-corrected chi connectivity index (χ4v) is 2.49. The van der Waals surface area contributed by atoms with Gasteiger partial charge in [-0.3, -0.25) is 9.59 Å². The van der Waals surface area contributed by atoms with Gasteiger partial charge in [-0.15, -0.1) is 0 Å². The van der Waals surface area contributed by atoms with Crippen LogP contribution in [0, 0.1) is 5.82 Å². The second kappa shape index (κ2) is 9.41. The van der Waals surface area contributed by atoms with Gasteiger partial charge in [-0.25, -0.2) is 13.9 Å². The summed E-state index contributed by atoms with van der Waals surface area (Å²) in [5.41, 5.74) is 1.13. The van der Waals surface area contributed by atoms with Crippen molar-refractivity contribution in [3.8, 4) is 0 Å². The summed E-state index contributed by atoms with van der Waals surface area (Å²) in [4.78, 5) is 36.0. The van der Waals surface area contributed by atoms with E-state index in [0.717, 1.165) is 10.2 Å². The molecule has 3 aromatic rings. The van der Waals surface area contributed by atoms with E-state index in [0.29, 0.717) is 5.56 Å². The molecule has 0 fully saturated rings. The molecule has 2 aromatic carbocycles. The normalized spacial score (nSPS) is 10.4. The highest BCUT2D eigenvalue weighted by Gasteiger charge is 2.13. The Bertz CT molecular complexity index is 1050. The molecule has 1 amide bonds. The van der Waals surface area contributed by atoms with Crippen molar-refractivity contribution < 1.29 is 18.7 Å². The minimum atomic E-state index is -0.816. The number of rotatable bonds is 7. The first-order valence-electron chi connectivity index (χ1n) is 8.81. The van der Waals surface area contributed by atoms with Crippen LogP contribution in [0.3, 0.4) is 0 Å². The number of hydrogen-bond acceptors (Lipinski definition) is 5. The van der Waals surface area contributed by atoms with Gasteiger partial charge in [0.2, 0.25) is 0 Å². The molecule has 0 saturated heterocycles. The van der Waals surface area contributed by atoms with E-state index in [9.17, 15) is 18.8 Å². The number of nitrogens with one attached hydrogen (secondary N) is 1. The summed E-state index contributed by atoms with van der Waals surface area (Å²) in [7, 11) is 0. The minimum absolute atomic E-state index is 0.0770. The second-order valence-electron chi connectivity index (χ2n) is 6.18. The zero-order valence-corrected chi connectivity index (χ0v) is 15.4. The number of carbonyl (C=O) groups is 2. The van der Waals surface area contributed by atoms with E-state index in [1.165, 1.54) is 24.3 Å². The molecule has 0 aliphatic heterocycles. The molecule has 0 atom stereocenters. The van der Waals surface area contributed by atoms with Crippen molar-refractivity contribution in [1.29, 1.82) is 0 Å². The van der Waals surface area contributed by atoms with Crippen molar-refractivity contribution in [1.82, 2.24) is 15.1 Å². The zero-order chi connectivity index (χ0) is 20.6. The molecule has 1 heterocycles. The van der Waals surface area contributed by atoms with Crippen molar-refractivity contribution >= 4 is 11.9 Å².